The standard InChI is InChI=1S/C21H42N2O3/c1-9-21(8,13-20(6,7)15-24)11-17(26)23-14-19(4,5)12-18(2,3)10-16(22)25/h24H,9-15H2,1-8H3,(H2,22,25)(H,23,26). The maximum absolute atomic E-state index is 12.5. The molecule has 154 valence electrons. The quantitative estimate of drug-likeness (QED) is 0.490. The first-order valence-electron chi connectivity index (χ1n) is 9.71. The summed E-state index contributed by atoms with van der Waals surface area (Å²) in [6, 6.07) is 0. The molecule has 0 saturated carbocycles. The van der Waals surface area contributed by atoms with E-state index in [-0.39, 0.29) is 40.1 Å². The van der Waals surface area contributed by atoms with E-state index in [0.29, 0.717) is 19.4 Å². The third-order valence-corrected chi connectivity index (χ3v) is 5.15. The normalized spacial score (nSPS) is 15.4. The Hall–Kier alpha value is -1.10. The highest BCUT2D eigenvalue weighted by Gasteiger charge is 2.34. The van der Waals surface area contributed by atoms with Crippen LogP contribution in [-0.4, -0.2) is 30.1 Å². The summed E-state index contributed by atoms with van der Waals surface area (Å²) in [4.78, 5) is 23.8. The molecular formula is C21H42N2O3. The molecule has 1 atom stereocenters. The van der Waals surface area contributed by atoms with E-state index in [9.17, 15) is 14.7 Å². The van der Waals surface area contributed by atoms with Crippen LogP contribution in [0.15, 0.2) is 0 Å². The van der Waals surface area contributed by atoms with Gasteiger partial charge in [0.15, 0.2) is 0 Å². The third-order valence-electron chi connectivity index (χ3n) is 5.15. The number of nitrogens with one attached hydrogen (secondary N) is 1. The Morgan fingerprint density at radius 3 is 1.85 bits per heavy atom. The smallest absolute Gasteiger partial charge is 0.220 e. The van der Waals surface area contributed by atoms with Crippen molar-refractivity contribution >= 4 is 11.8 Å². The van der Waals surface area contributed by atoms with Crippen molar-refractivity contribution in [3.05, 3.63) is 0 Å². The molecule has 0 fully saturated rings. The van der Waals surface area contributed by atoms with E-state index in [0.717, 1.165) is 19.3 Å². The lowest BCUT2D eigenvalue weighted by Crippen LogP contribution is -2.40. The van der Waals surface area contributed by atoms with Gasteiger partial charge in [-0.1, -0.05) is 61.8 Å². The van der Waals surface area contributed by atoms with Crippen molar-refractivity contribution in [1.82, 2.24) is 5.32 Å². The lowest BCUT2D eigenvalue weighted by Gasteiger charge is -2.37. The molecule has 0 saturated heterocycles. The highest BCUT2D eigenvalue weighted by molar-refractivity contribution is 5.76. The van der Waals surface area contributed by atoms with Crippen molar-refractivity contribution in [2.45, 2.75) is 87.5 Å². The molecule has 0 heterocycles. The van der Waals surface area contributed by atoms with Gasteiger partial charge in [0.25, 0.3) is 0 Å². The molecule has 0 aliphatic carbocycles. The second-order valence-corrected chi connectivity index (χ2v) is 10.8. The lowest BCUT2D eigenvalue weighted by atomic mass is 9.70. The van der Waals surface area contributed by atoms with E-state index < -0.39 is 0 Å². The van der Waals surface area contributed by atoms with Gasteiger partial charge in [-0.15, -0.1) is 0 Å². The van der Waals surface area contributed by atoms with E-state index in [1.165, 1.54) is 0 Å². The second kappa shape index (κ2) is 9.20. The number of rotatable bonds is 12. The molecule has 0 aromatic rings. The van der Waals surface area contributed by atoms with Crippen molar-refractivity contribution in [2.75, 3.05) is 13.2 Å². The van der Waals surface area contributed by atoms with Crippen molar-refractivity contribution in [3.8, 4) is 0 Å². The number of aliphatic hydroxyl groups is 1. The summed E-state index contributed by atoms with van der Waals surface area (Å²) in [6.07, 6.45) is 3.28. The van der Waals surface area contributed by atoms with Crippen LogP contribution in [0, 0.1) is 21.7 Å². The van der Waals surface area contributed by atoms with Gasteiger partial charge in [-0.05, 0) is 34.5 Å². The Morgan fingerprint density at radius 2 is 1.42 bits per heavy atom. The predicted octanol–water partition coefficient (Wildman–Crippen LogP) is 3.64. The first-order valence-corrected chi connectivity index (χ1v) is 9.71. The maximum Gasteiger partial charge on any atom is 0.220 e. The molecule has 0 rings (SSSR count). The fourth-order valence-corrected chi connectivity index (χ4v) is 4.20. The number of aliphatic hydroxyl groups excluding tert-OH is 1. The molecule has 5 heteroatoms. The van der Waals surface area contributed by atoms with Gasteiger partial charge in [-0.3, -0.25) is 9.59 Å². The van der Waals surface area contributed by atoms with Crippen LogP contribution in [0.2, 0.25) is 0 Å². The van der Waals surface area contributed by atoms with Gasteiger partial charge >= 0.3 is 0 Å². The Kier molecular flexibility index (Phi) is 8.82. The van der Waals surface area contributed by atoms with Gasteiger partial charge in [0, 0.05) is 26.0 Å². The summed E-state index contributed by atoms with van der Waals surface area (Å²) < 4.78 is 0. The lowest BCUT2D eigenvalue weighted by molar-refractivity contribution is -0.125. The number of carbonyl (C=O) groups is 2. The number of hydrogen-bond acceptors (Lipinski definition) is 3. The van der Waals surface area contributed by atoms with Gasteiger partial charge < -0.3 is 16.2 Å². The summed E-state index contributed by atoms with van der Waals surface area (Å²) in [7, 11) is 0. The van der Waals surface area contributed by atoms with Crippen LogP contribution in [0.25, 0.3) is 0 Å². The fraction of sp³-hybridized carbons (Fsp3) is 0.905. The monoisotopic (exact) mass is 370 g/mol. The van der Waals surface area contributed by atoms with Crippen LogP contribution in [-0.2, 0) is 9.59 Å². The molecule has 2 amide bonds. The molecule has 0 bridgehead atoms. The summed E-state index contributed by atoms with van der Waals surface area (Å²) in [5.74, 6) is -0.246. The second-order valence-electron chi connectivity index (χ2n) is 10.8. The zero-order valence-electron chi connectivity index (χ0n) is 18.3. The average molecular weight is 371 g/mol. The Bertz CT molecular complexity index is 484. The van der Waals surface area contributed by atoms with Crippen LogP contribution < -0.4 is 11.1 Å². The van der Waals surface area contributed by atoms with Crippen LogP contribution in [0.4, 0.5) is 0 Å². The van der Waals surface area contributed by atoms with Crippen LogP contribution >= 0.6 is 0 Å². The first-order chi connectivity index (χ1) is 11.6. The summed E-state index contributed by atoms with van der Waals surface area (Å²) in [6.45, 7) is 17.2. The van der Waals surface area contributed by atoms with Crippen LogP contribution in [0.3, 0.4) is 0 Å². The van der Waals surface area contributed by atoms with Gasteiger partial charge in [0.05, 0.1) is 0 Å². The SMILES string of the molecule is CCC(C)(CC(=O)NCC(C)(C)CC(C)(C)CC(N)=O)CC(C)(C)CO. The summed E-state index contributed by atoms with van der Waals surface area (Å²) >= 11 is 0. The minimum absolute atomic E-state index is 0.0453. The van der Waals surface area contributed by atoms with Gasteiger partial charge in [-0.2, -0.15) is 0 Å². The minimum Gasteiger partial charge on any atom is -0.396 e. The molecule has 0 aliphatic heterocycles. The van der Waals surface area contributed by atoms with Gasteiger partial charge in [-0.25, -0.2) is 0 Å². The van der Waals surface area contributed by atoms with Crippen molar-refractivity contribution in [3.63, 3.8) is 0 Å². The molecule has 0 spiro atoms. The molecular weight excluding hydrogens is 328 g/mol. The first kappa shape index (κ1) is 24.9. The minimum atomic E-state index is -0.292. The number of carbonyl (C=O) groups excluding carboxylic acids is 2. The maximum atomic E-state index is 12.5. The average Bonchev–Trinajstić information content (AvgIpc) is 2.42. The highest BCUT2D eigenvalue weighted by Crippen LogP contribution is 2.39. The topological polar surface area (TPSA) is 92.4 Å². The third kappa shape index (κ3) is 10.1. The number of hydrogen-bond donors (Lipinski definition) is 3. The van der Waals surface area contributed by atoms with E-state index in [1.54, 1.807) is 0 Å². The Labute approximate surface area is 160 Å². The zero-order chi connectivity index (χ0) is 20.8. The largest absolute Gasteiger partial charge is 0.396 e. The molecule has 0 radical (unpaired) electrons. The van der Waals surface area contributed by atoms with Gasteiger partial charge in [0.2, 0.25) is 11.8 Å². The molecule has 1 unspecified atom stereocenters. The Balaban J connectivity index is 4.74. The molecule has 5 nitrogen and oxygen atoms in total. The van der Waals surface area contributed by atoms with Gasteiger partial charge in [0.1, 0.15) is 0 Å². The van der Waals surface area contributed by atoms with Crippen LogP contribution in [0.5, 0.6) is 0 Å². The predicted molar refractivity (Wildman–Crippen MR) is 107 cm³/mol. The highest BCUT2D eigenvalue weighted by atomic mass is 16.3. The number of nitrogens with two attached hydrogens (primary N) is 1. The molecule has 4 N–H and O–H groups in total. The molecule has 0 aromatic carbocycles. The van der Waals surface area contributed by atoms with Crippen LogP contribution in [0.1, 0.15) is 87.5 Å². The summed E-state index contributed by atoms with van der Waals surface area (Å²) in [5.41, 5.74) is 4.70. The number of primary amides is 1. The van der Waals surface area contributed by atoms with Crippen molar-refractivity contribution < 1.29 is 14.7 Å². The number of amides is 2. The van der Waals surface area contributed by atoms with Crippen molar-refractivity contribution in [1.29, 1.82) is 0 Å². The van der Waals surface area contributed by atoms with E-state index in [2.05, 4.69) is 33.0 Å². The summed E-state index contributed by atoms with van der Waals surface area (Å²) in [5, 5.41) is 12.6. The van der Waals surface area contributed by atoms with E-state index >= 15 is 0 Å². The molecule has 26 heavy (non-hydrogen) atoms. The fourth-order valence-electron chi connectivity index (χ4n) is 4.20. The van der Waals surface area contributed by atoms with E-state index in [1.807, 2.05) is 27.7 Å². The van der Waals surface area contributed by atoms with E-state index in [4.69, 9.17) is 5.73 Å². The zero-order valence-corrected chi connectivity index (χ0v) is 18.3. The Morgan fingerprint density at radius 1 is 0.885 bits per heavy atom. The molecule has 0 aromatic heterocycles. The van der Waals surface area contributed by atoms with Crippen molar-refractivity contribution in [2.24, 2.45) is 27.4 Å². The molecule has 0 aliphatic rings.